The van der Waals surface area contributed by atoms with Crippen molar-refractivity contribution in [3.05, 3.63) is 47.2 Å². The lowest BCUT2D eigenvalue weighted by atomic mass is 10.0. The molecule has 1 aliphatic heterocycles. The highest BCUT2D eigenvalue weighted by atomic mass is 16.5. The Bertz CT molecular complexity index is 589. The van der Waals surface area contributed by atoms with Gasteiger partial charge in [0.1, 0.15) is 5.69 Å². The van der Waals surface area contributed by atoms with Crippen molar-refractivity contribution in [3.63, 3.8) is 0 Å². The van der Waals surface area contributed by atoms with Crippen LogP contribution in [-0.4, -0.2) is 10.1 Å². The lowest BCUT2D eigenvalue weighted by Gasteiger charge is -2.34. The average molecular weight is 257 g/mol. The number of hydrogen-bond donors (Lipinski definition) is 1. The van der Waals surface area contributed by atoms with Crippen molar-refractivity contribution in [2.45, 2.75) is 38.9 Å². The maximum atomic E-state index is 5.90. The summed E-state index contributed by atoms with van der Waals surface area (Å²) in [7, 11) is 0. The third-order valence-corrected chi connectivity index (χ3v) is 4.13. The van der Waals surface area contributed by atoms with Gasteiger partial charge in [0.2, 0.25) is 5.88 Å². The summed E-state index contributed by atoms with van der Waals surface area (Å²) in [5, 5.41) is 4.15. The SMILES string of the molecule is CC1c2c(noc2N)C(C)(C)N1Cc1ccccc1. The van der Waals surface area contributed by atoms with Crippen LogP contribution in [0.2, 0.25) is 0 Å². The molecule has 1 aromatic heterocycles. The lowest BCUT2D eigenvalue weighted by Crippen LogP contribution is -2.37. The normalized spacial score (nSPS) is 21.5. The number of hydrogen-bond acceptors (Lipinski definition) is 4. The highest BCUT2D eigenvalue weighted by Gasteiger charge is 2.46. The standard InChI is InChI=1S/C15H19N3O/c1-10-12-13(17-19-14(12)16)15(2,3)18(10)9-11-7-5-4-6-8-11/h4-8,10H,9,16H2,1-3H3. The molecule has 1 atom stereocenters. The largest absolute Gasteiger partial charge is 0.367 e. The van der Waals surface area contributed by atoms with E-state index in [1.54, 1.807) is 0 Å². The zero-order valence-electron chi connectivity index (χ0n) is 11.6. The second-order valence-electron chi connectivity index (χ2n) is 5.66. The number of fused-ring (bicyclic) bond motifs is 1. The fourth-order valence-electron chi connectivity index (χ4n) is 3.05. The van der Waals surface area contributed by atoms with E-state index in [1.807, 2.05) is 6.07 Å². The molecule has 4 nitrogen and oxygen atoms in total. The first kappa shape index (κ1) is 12.2. The van der Waals surface area contributed by atoms with Gasteiger partial charge in [-0.25, -0.2) is 0 Å². The van der Waals surface area contributed by atoms with Crippen molar-refractivity contribution in [2.24, 2.45) is 0 Å². The molecule has 0 spiro atoms. The first-order valence-corrected chi connectivity index (χ1v) is 6.58. The van der Waals surface area contributed by atoms with E-state index in [0.29, 0.717) is 5.88 Å². The van der Waals surface area contributed by atoms with E-state index in [0.717, 1.165) is 17.8 Å². The van der Waals surface area contributed by atoms with Crippen molar-refractivity contribution in [3.8, 4) is 0 Å². The Morgan fingerprint density at radius 1 is 1.32 bits per heavy atom. The summed E-state index contributed by atoms with van der Waals surface area (Å²) in [6.07, 6.45) is 0. The predicted molar refractivity (Wildman–Crippen MR) is 74.3 cm³/mol. The molecule has 0 amide bonds. The molecule has 2 aromatic rings. The van der Waals surface area contributed by atoms with Crippen molar-refractivity contribution in [2.75, 3.05) is 5.73 Å². The first-order chi connectivity index (χ1) is 9.01. The van der Waals surface area contributed by atoms with E-state index in [1.165, 1.54) is 5.56 Å². The summed E-state index contributed by atoms with van der Waals surface area (Å²) in [6, 6.07) is 10.7. The molecule has 3 rings (SSSR count). The number of nitrogen functional groups attached to an aromatic ring is 1. The smallest absolute Gasteiger partial charge is 0.227 e. The maximum absolute atomic E-state index is 5.90. The second-order valence-corrected chi connectivity index (χ2v) is 5.66. The Balaban J connectivity index is 1.96. The molecule has 2 N–H and O–H groups in total. The molecule has 100 valence electrons. The molecule has 19 heavy (non-hydrogen) atoms. The Morgan fingerprint density at radius 3 is 2.63 bits per heavy atom. The predicted octanol–water partition coefficient (Wildman–Crippen LogP) is 3.07. The van der Waals surface area contributed by atoms with Gasteiger partial charge >= 0.3 is 0 Å². The van der Waals surface area contributed by atoms with Gasteiger partial charge in [-0.15, -0.1) is 0 Å². The minimum atomic E-state index is -0.161. The monoisotopic (exact) mass is 257 g/mol. The van der Waals surface area contributed by atoms with Crippen LogP contribution in [-0.2, 0) is 12.1 Å². The number of nitrogens with two attached hydrogens (primary N) is 1. The molecule has 2 heterocycles. The van der Waals surface area contributed by atoms with Gasteiger partial charge in [0, 0.05) is 12.6 Å². The Kier molecular flexibility index (Phi) is 2.64. The van der Waals surface area contributed by atoms with Crippen LogP contribution in [0, 0.1) is 0 Å². The van der Waals surface area contributed by atoms with Crippen LogP contribution in [0.25, 0.3) is 0 Å². The Hall–Kier alpha value is -1.81. The van der Waals surface area contributed by atoms with Crippen molar-refractivity contribution in [1.82, 2.24) is 10.1 Å². The zero-order chi connectivity index (χ0) is 13.6. The van der Waals surface area contributed by atoms with E-state index >= 15 is 0 Å². The van der Waals surface area contributed by atoms with Gasteiger partial charge in [0.05, 0.1) is 11.1 Å². The third-order valence-electron chi connectivity index (χ3n) is 4.13. The number of rotatable bonds is 2. The minimum absolute atomic E-state index is 0.161. The molecule has 1 aromatic carbocycles. The molecule has 0 saturated heterocycles. The van der Waals surface area contributed by atoms with Crippen molar-refractivity contribution in [1.29, 1.82) is 0 Å². The summed E-state index contributed by atoms with van der Waals surface area (Å²) in [4.78, 5) is 2.41. The average Bonchev–Trinajstić information content (AvgIpc) is 2.86. The molecule has 0 aliphatic carbocycles. The highest BCUT2D eigenvalue weighted by molar-refractivity contribution is 5.47. The molecule has 0 radical (unpaired) electrons. The molecule has 4 heteroatoms. The highest BCUT2D eigenvalue weighted by Crippen LogP contribution is 2.48. The molecule has 0 bridgehead atoms. The molecular weight excluding hydrogens is 238 g/mol. The van der Waals surface area contributed by atoms with Gasteiger partial charge in [-0.2, -0.15) is 0 Å². The minimum Gasteiger partial charge on any atom is -0.367 e. The van der Waals surface area contributed by atoms with Crippen LogP contribution in [0.5, 0.6) is 0 Å². The van der Waals surface area contributed by atoms with Gasteiger partial charge in [-0.3, -0.25) is 4.90 Å². The summed E-state index contributed by atoms with van der Waals surface area (Å²) < 4.78 is 5.14. The fourth-order valence-corrected chi connectivity index (χ4v) is 3.05. The van der Waals surface area contributed by atoms with E-state index < -0.39 is 0 Å². The van der Waals surface area contributed by atoms with Crippen LogP contribution < -0.4 is 5.73 Å². The zero-order valence-corrected chi connectivity index (χ0v) is 11.6. The molecule has 0 fully saturated rings. The van der Waals surface area contributed by atoms with Gasteiger partial charge in [0.15, 0.2) is 0 Å². The van der Waals surface area contributed by atoms with Gasteiger partial charge in [-0.1, -0.05) is 35.5 Å². The summed E-state index contributed by atoms with van der Waals surface area (Å²) in [5.74, 6) is 0.450. The molecule has 1 aliphatic rings. The summed E-state index contributed by atoms with van der Waals surface area (Å²) in [5.41, 5.74) is 9.05. The van der Waals surface area contributed by atoms with Crippen LogP contribution >= 0.6 is 0 Å². The second kappa shape index (κ2) is 4.10. The van der Waals surface area contributed by atoms with Crippen LogP contribution in [0.4, 0.5) is 5.88 Å². The van der Waals surface area contributed by atoms with E-state index in [2.05, 4.69) is 55.1 Å². The van der Waals surface area contributed by atoms with Crippen LogP contribution in [0.3, 0.4) is 0 Å². The van der Waals surface area contributed by atoms with Crippen molar-refractivity contribution >= 4 is 5.88 Å². The maximum Gasteiger partial charge on any atom is 0.227 e. The van der Waals surface area contributed by atoms with Crippen LogP contribution in [0.1, 0.15) is 43.6 Å². The number of aromatic nitrogens is 1. The van der Waals surface area contributed by atoms with E-state index in [-0.39, 0.29) is 11.6 Å². The Morgan fingerprint density at radius 2 is 2.00 bits per heavy atom. The van der Waals surface area contributed by atoms with Gasteiger partial charge in [-0.05, 0) is 26.3 Å². The molecule has 1 unspecified atom stereocenters. The van der Waals surface area contributed by atoms with Crippen molar-refractivity contribution < 1.29 is 4.52 Å². The lowest BCUT2D eigenvalue weighted by molar-refractivity contribution is 0.0851. The Labute approximate surface area is 113 Å². The quantitative estimate of drug-likeness (QED) is 0.898. The van der Waals surface area contributed by atoms with Gasteiger partial charge < -0.3 is 10.3 Å². The summed E-state index contributed by atoms with van der Waals surface area (Å²) in [6.45, 7) is 7.37. The third kappa shape index (κ3) is 1.75. The van der Waals surface area contributed by atoms with E-state index in [4.69, 9.17) is 10.3 Å². The number of anilines is 1. The molecule has 0 saturated carbocycles. The van der Waals surface area contributed by atoms with Gasteiger partial charge in [0.25, 0.3) is 0 Å². The van der Waals surface area contributed by atoms with Crippen LogP contribution in [0.15, 0.2) is 34.9 Å². The fraction of sp³-hybridized carbons (Fsp3) is 0.400. The summed E-state index contributed by atoms with van der Waals surface area (Å²) >= 11 is 0. The first-order valence-electron chi connectivity index (χ1n) is 6.58. The molecular formula is C15H19N3O. The number of nitrogens with zero attached hydrogens (tertiary/aromatic N) is 2. The topological polar surface area (TPSA) is 55.3 Å². The number of benzene rings is 1. The van der Waals surface area contributed by atoms with E-state index in [9.17, 15) is 0 Å².